The van der Waals surface area contributed by atoms with Crippen molar-refractivity contribution < 1.29 is 19.1 Å². The van der Waals surface area contributed by atoms with Gasteiger partial charge in [0.05, 0.1) is 17.5 Å². The number of ether oxygens (including phenoxy) is 2. The highest BCUT2D eigenvalue weighted by atomic mass is 16.5. The summed E-state index contributed by atoms with van der Waals surface area (Å²) < 4.78 is 11.7. The van der Waals surface area contributed by atoms with Gasteiger partial charge in [0.15, 0.2) is 18.5 Å². The van der Waals surface area contributed by atoms with E-state index in [0.717, 1.165) is 31.2 Å². The van der Waals surface area contributed by atoms with Gasteiger partial charge in [0.2, 0.25) is 0 Å². The van der Waals surface area contributed by atoms with Crippen LogP contribution in [0.2, 0.25) is 0 Å². The van der Waals surface area contributed by atoms with Gasteiger partial charge in [0.25, 0.3) is 11.8 Å². The molecule has 27 heavy (non-hydrogen) atoms. The summed E-state index contributed by atoms with van der Waals surface area (Å²) in [5.74, 6) is 0.0119. The third-order valence-corrected chi connectivity index (χ3v) is 4.87. The Morgan fingerprint density at radius 3 is 2.67 bits per heavy atom. The van der Waals surface area contributed by atoms with E-state index in [1.807, 2.05) is 30.3 Å². The maximum atomic E-state index is 13.1. The van der Waals surface area contributed by atoms with Gasteiger partial charge < -0.3 is 20.1 Å². The molecule has 2 N–H and O–H groups in total. The van der Waals surface area contributed by atoms with Crippen LogP contribution in [0.5, 0.6) is 5.75 Å². The van der Waals surface area contributed by atoms with E-state index in [0.29, 0.717) is 17.1 Å². The molecule has 1 atom stereocenters. The van der Waals surface area contributed by atoms with E-state index in [2.05, 4.69) is 10.6 Å². The van der Waals surface area contributed by atoms with Crippen LogP contribution in [0.1, 0.15) is 37.4 Å². The number of hydrogen-bond donors (Lipinski definition) is 2. The van der Waals surface area contributed by atoms with Gasteiger partial charge in [-0.25, -0.2) is 0 Å². The summed E-state index contributed by atoms with van der Waals surface area (Å²) >= 11 is 0. The van der Waals surface area contributed by atoms with E-state index in [9.17, 15) is 9.59 Å². The number of fused-ring (bicyclic) bond motifs is 1. The van der Waals surface area contributed by atoms with Crippen LogP contribution in [0, 0.1) is 0 Å². The molecule has 6 heteroatoms. The molecular weight excluding hydrogens is 344 g/mol. The van der Waals surface area contributed by atoms with E-state index in [-0.39, 0.29) is 24.5 Å². The fourth-order valence-electron chi connectivity index (χ4n) is 3.55. The molecule has 1 unspecified atom stereocenters. The highest BCUT2D eigenvalue weighted by molar-refractivity contribution is 6.01. The first-order chi connectivity index (χ1) is 13.2. The Balaban J connectivity index is 1.57. The molecule has 4 rings (SSSR count). The first-order valence-electron chi connectivity index (χ1n) is 9.27. The molecule has 2 amide bonds. The fourth-order valence-corrected chi connectivity index (χ4v) is 3.55. The number of amides is 2. The minimum Gasteiger partial charge on any atom is -0.479 e. The molecule has 0 bridgehead atoms. The van der Waals surface area contributed by atoms with Crippen LogP contribution in [-0.2, 0) is 14.3 Å². The van der Waals surface area contributed by atoms with Crippen LogP contribution in [0.4, 0.5) is 11.4 Å². The van der Waals surface area contributed by atoms with Crippen molar-refractivity contribution in [2.75, 3.05) is 17.2 Å². The predicted molar refractivity (Wildman–Crippen MR) is 102 cm³/mol. The lowest BCUT2D eigenvalue weighted by atomic mass is 10.1. The third-order valence-electron chi connectivity index (χ3n) is 4.87. The quantitative estimate of drug-likeness (QED) is 0.847. The number of benzene rings is 2. The van der Waals surface area contributed by atoms with Crippen LogP contribution in [0.25, 0.3) is 0 Å². The molecule has 1 heterocycles. The summed E-state index contributed by atoms with van der Waals surface area (Å²) in [5.41, 5.74) is 1.89. The Morgan fingerprint density at radius 1 is 1.11 bits per heavy atom. The number of para-hydroxylation sites is 1. The minimum absolute atomic E-state index is 0.0689. The smallest absolute Gasteiger partial charge is 0.262 e. The first kappa shape index (κ1) is 17.5. The van der Waals surface area contributed by atoms with Crippen LogP contribution < -0.4 is 15.4 Å². The van der Waals surface area contributed by atoms with Crippen molar-refractivity contribution in [1.29, 1.82) is 0 Å². The molecule has 1 aliphatic carbocycles. The van der Waals surface area contributed by atoms with Gasteiger partial charge in [-0.15, -0.1) is 0 Å². The third kappa shape index (κ3) is 3.95. The molecule has 2 aliphatic rings. The predicted octanol–water partition coefficient (Wildman–Crippen LogP) is 3.66. The van der Waals surface area contributed by atoms with Crippen molar-refractivity contribution in [2.45, 2.75) is 37.9 Å². The Hall–Kier alpha value is -2.86. The SMILES string of the molecule is O=C1COc2c(cccc2NC(=O)C(OC2CCCC2)c2ccccc2)N1. The van der Waals surface area contributed by atoms with Gasteiger partial charge in [0, 0.05) is 0 Å². The van der Waals surface area contributed by atoms with Crippen LogP contribution >= 0.6 is 0 Å². The normalized spacial score (nSPS) is 17.6. The summed E-state index contributed by atoms with van der Waals surface area (Å²) in [4.78, 5) is 24.6. The molecule has 0 radical (unpaired) electrons. The Labute approximate surface area is 157 Å². The van der Waals surface area contributed by atoms with Crippen LogP contribution in [0.3, 0.4) is 0 Å². The van der Waals surface area contributed by atoms with E-state index in [1.165, 1.54) is 0 Å². The van der Waals surface area contributed by atoms with Crippen molar-refractivity contribution in [3.63, 3.8) is 0 Å². The van der Waals surface area contributed by atoms with Crippen molar-refractivity contribution in [2.24, 2.45) is 0 Å². The highest BCUT2D eigenvalue weighted by Crippen LogP contribution is 2.36. The molecule has 1 aliphatic heterocycles. The first-order valence-corrected chi connectivity index (χ1v) is 9.27. The van der Waals surface area contributed by atoms with Crippen molar-refractivity contribution in [3.05, 3.63) is 54.1 Å². The molecule has 0 spiro atoms. The second kappa shape index (κ2) is 7.80. The van der Waals surface area contributed by atoms with Gasteiger partial charge in [0.1, 0.15) is 0 Å². The molecule has 2 aromatic rings. The van der Waals surface area contributed by atoms with Crippen molar-refractivity contribution in [3.8, 4) is 5.75 Å². The summed E-state index contributed by atoms with van der Waals surface area (Å²) in [6.07, 6.45) is 3.63. The zero-order chi connectivity index (χ0) is 18.6. The number of rotatable bonds is 5. The number of hydrogen-bond acceptors (Lipinski definition) is 4. The van der Waals surface area contributed by atoms with Gasteiger partial charge in [-0.2, -0.15) is 0 Å². The van der Waals surface area contributed by atoms with Gasteiger partial charge in [-0.1, -0.05) is 49.2 Å². The van der Waals surface area contributed by atoms with Crippen LogP contribution in [-0.4, -0.2) is 24.5 Å². The van der Waals surface area contributed by atoms with Gasteiger partial charge in [-0.05, 0) is 30.5 Å². The summed E-state index contributed by atoms with van der Waals surface area (Å²) in [6.45, 7) is -0.0689. The number of anilines is 2. The lowest BCUT2D eigenvalue weighted by molar-refractivity contribution is -0.131. The van der Waals surface area contributed by atoms with Crippen LogP contribution in [0.15, 0.2) is 48.5 Å². The summed E-state index contributed by atoms with van der Waals surface area (Å²) in [7, 11) is 0. The van der Waals surface area contributed by atoms with E-state index in [1.54, 1.807) is 18.2 Å². The topological polar surface area (TPSA) is 76.7 Å². The summed E-state index contributed by atoms with van der Waals surface area (Å²) in [5, 5.41) is 5.66. The minimum atomic E-state index is -0.691. The average Bonchev–Trinajstić information content (AvgIpc) is 3.20. The Morgan fingerprint density at radius 2 is 1.89 bits per heavy atom. The van der Waals surface area contributed by atoms with E-state index >= 15 is 0 Å². The van der Waals surface area contributed by atoms with Crippen molar-refractivity contribution in [1.82, 2.24) is 0 Å². The van der Waals surface area contributed by atoms with Gasteiger partial charge >= 0.3 is 0 Å². The maximum Gasteiger partial charge on any atom is 0.262 e. The zero-order valence-corrected chi connectivity index (χ0v) is 14.9. The molecule has 140 valence electrons. The monoisotopic (exact) mass is 366 g/mol. The Bertz CT molecular complexity index is 831. The lowest BCUT2D eigenvalue weighted by Crippen LogP contribution is -2.29. The zero-order valence-electron chi connectivity index (χ0n) is 14.9. The molecule has 1 fully saturated rings. The van der Waals surface area contributed by atoms with E-state index < -0.39 is 6.10 Å². The average molecular weight is 366 g/mol. The summed E-state index contributed by atoms with van der Waals surface area (Å²) in [6, 6.07) is 14.8. The standard InChI is InChI=1S/C21H22N2O4/c24-18-13-26-20-16(22-18)11-6-12-17(20)23-21(25)19(14-7-2-1-3-8-14)27-15-9-4-5-10-15/h1-3,6-8,11-12,15,19H,4-5,9-10,13H2,(H,22,24)(H,23,25). The molecule has 0 saturated heterocycles. The molecule has 0 aromatic heterocycles. The fraction of sp³-hybridized carbons (Fsp3) is 0.333. The number of nitrogens with one attached hydrogen (secondary N) is 2. The lowest BCUT2D eigenvalue weighted by Gasteiger charge is -2.24. The van der Waals surface area contributed by atoms with E-state index in [4.69, 9.17) is 9.47 Å². The maximum absolute atomic E-state index is 13.1. The molecule has 1 saturated carbocycles. The second-order valence-electron chi connectivity index (χ2n) is 6.84. The largest absolute Gasteiger partial charge is 0.479 e. The molecular formula is C21H22N2O4. The van der Waals surface area contributed by atoms with Crippen molar-refractivity contribution >= 4 is 23.2 Å². The molecule has 2 aromatic carbocycles. The van der Waals surface area contributed by atoms with Gasteiger partial charge in [-0.3, -0.25) is 9.59 Å². The Kier molecular flexibility index (Phi) is 5.07. The second-order valence-corrected chi connectivity index (χ2v) is 6.84. The number of carbonyl (C=O) groups is 2. The molecule has 6 nitrogen and oxygen atoms in total. The number of carbonyl (C=O) groups excluding carboxylic acids is 2. The highest BCUT2D eigenvalue weighted by Gasteiger charge is 2.28.